The molecule has 1 aliphatic rings. The molecule has 1 amide bonds. The lowest BCUT2D eigenvalue weighted by atomic mass is 10.1. The zero-order chi connectivity index (χ0) is 25.5. The maximum absolute atomic E-state index is 14.6. The number of fused-ring (bicyclic) bond motifs is 1. The number of rotatable bonds is 5. The summed E-state index contributed by atoms with van der Waals surface area (Å²) >= 11 is 0. The Balaban J connectivity index is 1.46. The Bertz CT molecular complexity index is 1310. The van der Waals surface area contributed by atoms with Gasteiger partial charge >= 0.3 is 6.18 Å². The summed E-state index contributed by atoms with van der Waals surface area (Å²) in [6.07, 6.45) is -1.14. The molecular formula is C21H19F6N7O. The van der Waals surface area contributed by atoms with Crippen molar-refractivity contribution >= 4 is 34.0 Å². The highest BCUT2D eigenvalue weighted by molar-refractivity contribution is 6.08. The van der Waals surface area contributed by atoms with Crippen LogP contribution in [-0.2, 0) is 4.79 Å². The molecule has 3 aromatic rings. The molecule has 0 radical (unpaired) electrons. The number of aromatic amines is 1. The summed E-state index contributed by atoms with van der Waals surface area (Å²) < 4.78 is 80.1. The molecule has 3 heterocycles. The van der Waals surface area contributed by atoms with Crippen molar-refractivity contribution in [1.29, 1.82) is 0 Å². The highest BCUT2D eigenvalue weighted by atomic mass is 19.4. The predicted octanol–water partition coefficient (Wildman–Crippen LogP) is 3.49. The molecule has 1 unspecified atom stereocenters. The van der Waals surface area contributed by atoms with E-state index in [0.29, 0.717) is 0 Å². The number of hydrazine groups is 1. The van der Waals surface area contributed by atoms with E-state index in [9.17, 15) is 31.1 Å². The van der Waals surface area contributed by atoms with Gasteiger partial charge in [0.1, 0.15) is 5.70 Å². The molecule has 1 saturated heterocycles. The number of aromatic nitrogens is 2. The first-order chi connectivity index (χ1) is 16.4. The summed E-state index contributed by atoms with van der Waals surface area (Å²) in [6, 6.07) is 2.78. The molecule has 0 spiro atoms. The van der Waals surface area contributed by atoms with Crippen molar-refractivity contribution in [2.75, 3.05) is 28.3 Å². The molecular weight excluding hydrogens is 480 g/mol. The quantitative estimate of drug-likeness (QED) is 0.185. The number of hydrogen-bond donors (Lipinski definition) is 4. The van der Waals surface area contributed by atoms with Crippen molar-refractivity contribution in [3.63, 3.8) is 0 Å². The highest BCUT2D eigenvalue weighted by Crippen LogP contribution is 2.36. The molecule has 35 heavy (non-hydrogen) atoms. The van der Waals surface area contributed by atoms with Crippen molar-refractivity contribution < 1.29 is 31.1 Å². The minimum Gasteiger partial charge on any atom is -0.393 e. The minimum atomic E-state index is -4.38. The molecule has 1 atom stereocenters. The van der Waals surface area contributed by atoms with Crippen LogP contribution in [0.2, 0.25) is 0 Å². The van der Waals surface area contributed by atoms with Gasteiger partial charge in [-0.3, -0.25) is 9.80 Å². The van der Waals surface area contributed by atoms with Gasteiger partial charge in [-0.2, -0.15) is 13.2 Å². The molecule has 1 fully saturated rings. The largest absolute Gasteiger partial charge is 0.393 e. The lowest BCUT2D eigenvalue weighted by molar-refractivity contribution is -0.168. The van der Waals surface area contributed by atoms with Gasteiger partial charge in [0.25, 0.3) is 5.91 Å². The average Bonchev–Trinajstić information content (AvgIpc) is 3.42. The Labute approximate surface area is 194 Å². The Morgan fingerprint density at radius 2 is 1.91 bits per heavy atom. The number of halogens is 6. The number of H-pyrrole nitrogens is 1. The van der Waals surface area contributed by atoms with Crippen LogP contribution in [0, 0.1) is 23.4 Å². The maximum Gasteiger partial charge on any atom is 0.393 e. The van der Waals surface area contributed by atoms with E-state index in [1.807, 2.05) is 0 Å². The first kappa shape index (κ1) is 24.2. The van der Waals surface area contributed by atoms with Crippen molar-refractivity contribution in [1.82, 2.24) is 9.97 Å². The van der Waals surface area contributed by atoms with Crippen LogP contribution in [0.25, 0.3) is 10.9 Å². The van der Waals surface area contributed by atoms with E-state index in [1.165, 1.54) is 11.1 Å². The SMILES string of the molecule is N/C(=C\N(N)c1cnc(N2CCC(C(F)(F)F)C2)c(F)c1)C(=O)Nc1c[nH]c2cc(F)c(F)cc12. The topological polar surface area (TPSA) is 116 Å². The number of hydrogen-bond acceptors (Lipinski definition) is 6. The van der Waals surface area contributed by atoms with Crippen LogP contribution < -0.4 is 26.8 Å². The summed E-state index contributed by atoms with van der Waals surface area (Å²) in [6.45, 7) is -0.409. The van der Waals surface area contributed by atoms with E-state index in [0.717, 1.165) is 35.6 Å². The molecule has 2 aromatic heterocycles. The molecule has 0 aliphatic carbocycles. The van der Waals surface area contributed by atoms with Gasteiger partial charge in [0, 0.05) is 36.8 Å². The fourth-order valence-corrected chi connectivity index (χ4v) is 3.71. The first-order valence-corrected chi connectivity index (χ1v) is 10.2. The van der Waals surface area contributed by atoms with Gasteiger partial charge in [-0.15, -0.1) is 0 Å². The van der Waals surface area contributed by atoms with Gasteiger partial charge in [0.15, 0.2) is 23.3 Å². The molecule has 6 N–H and O–H groups in total. The normalized spacial score (nSPS) is 16.7. The molecule has 1 aliphatic heterocycles. The summed E-state index contributed by atoms with van der Waals surface area (Å²) in [4.78, 5) is 20.2. The standard InChI is InChI=1S/C21H19F6N7O/c22-13-4-12-17(5-14(13)23)30-7-18(12)32-20(35)16(28)9-34(29)11-3-15(24)19(31-6-11)33-2-1-10(8-33)21(25,26)27/h3-7,9-10,30H,1-2,8,28-29H2,(H,32,35)/b16-9-. The molecule has 8 nitrogen and oxygen atoms in total. The van der Waals surface area contributed by atoms with Crippen LogP contribution >= 0.6 is 0 Å². The number of pyridine rings is 1. The Hall–Kier alpha value is -3.94. The lowest BCUT2D eigenvalue weighted by Crippen LogP contribution is -2.30. The summed E-state index contributed by atoms with van der Waals surface area (Å²) in [5.41, 5.74) is 5.67. The molecule has 14 heteroatoms. The van der Waals surface area contributed by atoms with E-state index in [1.54, 1.807) is 0 Å². The van der Waals surface area contributed by atoms with Crippen molar-refractivity contribution in [2.24, 2.45) is 17.5 Å². The Kier molecular flexibility index (Phi) is 6.23. The van der Waals surface area contributed by atoms with Gasteiger partial charge in [-0.05, 0) is 12.5 Å². The monoisotopic (exact) mass is 499 g/mol. The smallest absolute Gasteiger partial charge is 0.393 e. The van der Waals surface area contributed by atoms with Crippen molar-refractivity contribution in [2.45, 2.75) is 12.6 Å². The van der Waals surface area contributed by atoms with Gasteiger partial charge in [-0.1, -0.05) is 0 Å². The first-order valence-electron chi connectivity index (χ1n) is 10.2. The van der Waals surface area contributed by atoms with Crippen LogP contribution in [-0.4, -0.2) is 35.1 Å². The van der Waals surface area contributed by atoms with Gasteiger partial charge in [0.05, 0.1) is 35.2 Å². The number of nitrogens with zero attached hydrogens (tertiary/aromatic N) is 3. The number of benzene rings is 1. The lowest BCUT2D eigenvalue weighted by Gasteiger charge is -2.21. The van der Waals surface area contributed by atoms with Crippen molar-refractivity contribution in [3.05, 3.63) is 59.9 Å². The zero-order valence-electron chi connectivity index (χ0n) is 17.8. The second kappa shape index (κ2) is 9.02. The molecule has 186 valence electrons. The van der Waals surface area contributed by atoms with E-state index in [-0.39, 0.29) is 41.1 Å². The summed E-state index contributed by atoms with van der Waals surface area (Å²) in [5, 5.41) is 3.43. The number of nitrogens with one attached hydrogen (secondary N) is 2. The molecule has 0 bridgehead atoms. The van der Waals surface area contributed by atoms with Crippen LogP contribution in [0.1, 0.15) is 6.42 Å². The maximum atomic E-state index is 14.6. The summed E-state index contributed by atoms with van der Waals surface area (Å²) in [7, 11) is 0. The fourth-order valence-electron chi connectivity index (χ4n) is 3.71. The summed E-state index contributed by atoms with van der Waals surface area (Å²) in [5.74, 6) is 0.0975. The molecule has 0 saturated carbocycles. The number of nitrogens with two attached hydrogens (primary N) is 2. The van der Waals surface area contributed by atoms with Crippen LogP contribution in [0.4, 0.5) is 43.5 Å². The van der Waals surface area contributed by atoms with Crippen LogP contribution in [0.15, 0.2) is 42.5 Å². The number of amides is 1. The van der Waals surface area contributed by atoms with Gasteiger partial charge in [0.2, 0.25) is 0 Å². The van der Waals surface area contributed by atoms with Gasteiger partial charge < -0.3 is 20.9 Å². The van der Waals surface area contributed by atoms with Gasteiger partial charge in [-0.25, -0.2) is 24.0 Å². The van der Waals surface area contributed by atoms with Crippen LogP contribution in [0.5, 0.6) is 0 Å². The second-order valence-corrected chi connectivity index (χ2v) is 7.93. The number of anilines is 3. The molecule has 4 rings (SSSR count). The fraction of sp³-hybridized carbons (Fsp3) is 0.238. The predicted molar refractivity (Wildman–Crippen MR) is 116 cm³/mol. The zero-order valence-corrected chi connectivity index (χ0v) is 17.8. The minimum absolute atomic E-state index is 0.00280. The molecule has 1 aromatic carbocycles. The average molecular weight is 499 g/mol. The van der Waals surface area contributed by atoms with Crippen LogP contribution in [0.3, 0.4) is 0 Å². The number of carbonyl (C=O) groups excluding carboxylic acids is 1. The van der Waals surface area contributed by atoms with E-state index >= 15 is 0 Å². The highest BCUT2D eigenvalue weighted by Gasteiger charge is 2.44. The Morgan fingerprint density at radius 3 is 2.57 bits per heavy atom. The van der Waals surface area contributed by atoms with E-state index in [4.69, 9.17) is 11.6 Å². The van der Waals surface area contributed by atoms with Crippen molar-refractivity contribution in [3.8, 4) is 0 Å². The second-order valence-electron chi connectivity index (χ2n) is 7.93. The third-order valence-electron chi connectivity index (χ3n) is 5.57. The number of alkyl halides is 3. The number of carbonyl (C=O) groups is 1. The Morgan fingerprint density at radius 1 is 1.20 bits per heavy atom. The third-order valence-corrected chi connectivity index (χ3v) is 5.57. The van der Waals surface area contributed by atoms with E-state index < -0.39 is 47.7 Å². The van der Waals surface area contributed by atoms with E-state index in [2.05, 4.69) is 15.3 Å². The third kappa shape index (κ3) is 4.96.